The Morgan fingerprint density at radius 1 is 1.50 bits per heavy atom. The Morgan fingerprint density at radius 2 is 2.19 bits per heavy atom. The molecule has 1 fully saturated rings. The van der Waals surface area contributed by atoms with Crippen LogP contribution >= 0.6 is 0 Å². The van der Waals surface area contributed by atoms with Gasteiger partial charge in [0.05, 0.1) is 6.42 Å². The van der Waals surface area contributed by atoms with Gasteiger partial charge in [0.1, 0.15) is 5.82 Å². The van der Waals surface area contributed by atoms with E-state index in [-0.39, 0.29) is 17.5 Å². The molecule has 5 heteroatoms. The zero-order chi connectivity index (χ0) is 11.5. The van der Waals surface area contributed by atoms with Crippen LogP contribution in [0.2, 0.25) is 0 Å². The summed E-state index contributed by atoms with van der Waals surface area (Å²) < 4.78 is 0. The maximum Gasteiger partial charge on any atom is 0.308 e. The van der Waals surface area contributed by atoms with Crippen molar-refractivity contribution in [3.63, 3.8) is 0 Å². The molecule has 0 unspecified atom stereocenters. The zero-order valence-electron chi connectivity index (χ0n) is 8.90. The normalized spacial score (nSPS) is 16.5. The van der Waals surface area contributed by atoms with Gasteiger partial charge >= 0.3 is 5.97 Å². The third-order valence-electron chi connectivity index (χ3n) is 2.98. The Bertz CT molecular complexity index is 447. The summed E-state index contributed by atoms with van der Waals surface area (Å²) in [4.78, 5) is 28.9. The van der Waals surface area contributed by atoms with Crippen molar-refractivity contribution in [3.05, 3.63) is 27.9 Å². The van der Waals surface area contributed by atoms with Gasteiger partial charge in [-0.2, -0.15) is 0 Å². The monoisotopic (exact) mass is 222 g/mol. The van der Waals surface area contributed by atoms with Crippen molar-refractivity contribution >= 4 is 5.97 Å². The third kappa shape index (κ3) is 2.29. The Morgan fingerprint density at radius 3 is 2.75 bits per heavy atom. The molecule has 5 nitrogen and oxygen atoms in total. The number of nitrogens with zero attached hydrogens (tertiary/aromatic N) is 1. The second-order valence-corrected chi connectivity index (χ2v) is 4.17. The molecule has 0 bridgehead atoms. The molecule has 1 aliphatic carbocycles. The van der Waals surface area contributed by atoms with Gasteiger partial charge in [0.25, 0.3) is 5.56 Å². The van der Waals surface area contributed by atoms with E-state index in [2.05, 4.69) is 9.97 Å². The van der Waals surface area contributed by atoms with Crippen molar-refractivity contribution < 1.29 is 9.90 Å². The van der Waals surface area contributed by atoms with Gasteiger partial charge in [-0.15, -0.1) is 0 Å². The van der Waals surface area contributed by atoms with Gasteiger partial charge in [0.15, 0.2) is 0 Å². The van der Waals surface area contributed by atoms with Gasteiger partial charge in [-0.05, 0) is 12.8 Å². The number of aromatic nitrogens is 2. The molecule has 1 heterocycles. The average molecular weight is 222 g/mol. The summed E-state index contributed by atoms with van der Waals surface area (Å²) in [5.74, 6) is 0.0316. The quantitative estimate of drug-likeness (QED) is 0.800. The maximum atomic E-state index is 11.6. The number of hydrogen-bond donors (Lipinski definition) is 2. The van der Waals surface area contributed by atoms with E-state index in [1.807, 2.05) is 0 Å². The molecular weight excluding hydrogens is 208 g/mol. The third-order valence-corrected chi connectivity index (χ3v) is 2.98. The zero-order valence-corrected chi connectivity index (χ0v) is 8.90. The van der Waals surface area contributed by atoms with Crippen LogP contribution in [0.1, 0.15) is 43.0 Å². The highest BCUT2D eigenvalue weighted by atomic mass is 16.4. The topological polar surface area (TPSA) is 83.0 Å². The summed E-state index contributed by atoms with van der Waals surface area (Å²) in [7, 11) is 0. The number of carbonyl (C=O) groups is 1. The van der Waals surface area contributed by atoms with E-state index in [4.69, 9.17) is 5.11 Å². The molecular formula is C11H14N2O3. The van der Waals surface area contributed by atoms with E-state index in [0.29, 0.717) is 11.7 Å². The van der Waals surface area contributed by atoms with Crippen LogP contribution in [0.3, 0.4) is 0 Å². The minimum Gasteiger partial charge on any atom is -0.481 e. The van der Waals surface area contributed by atoms with Crippen LogP contribution in [0.25, 0.3) is 0 Å². The molecule has 0 atom stereocenters. The molecule has 1 aromatic rings. The number of hydrogen-bond acceptors (Lipinski definition) is 3. The number of carboxylic acid groups (broad SMARTS) is 1. The standard InChI is InChI=1S/C11H14N2O3/c14-9(15)5-8-6-12-10(13-11(8)16)7-3-1-2-4-7/h6-7H,1-5H2,(H,14,15)(H,12,13,16). The summed E-state index contributed by atoms with van der Waals surface area (Å²) >= 11 is 0. The Kier molecular flexibility index (Phi) is 3.03. The van der Waals surface area contributed by atoms with Crippen LogP contribution in [0.5, 0.6) is 0 Å². The fourth-order valence-electron chi connectivity index (χ4n) is 2.13. The number of aromatic amines is 1. The summed E-state index contributed by atoms with van der Waals surface area (Å²) in [6.07, 6.45) is 5.58. The number of aliphatic carboxylic acids is 1. The van der Waals surface area contributed by atoms with E-state index in [1.54, 1.807) is 0 Å². The fourth-order valence-corrected chi connectivity index (χ4v) is 2.13. The molecule has 0 amide bonds. The van der Waals surface area contributed by atoms with Gasteiger partial charge in [0, 0.05) is 17.7 Å². The summed E-state index contributed by atoms with van der Waals surface area (Å²) in [6.45, 7) is 0. The van der Waals surface area contributed by atoms with E-state index < -0.39 is 5.97 Å². The lowest BCUT2D eigenvalue weighted by Crippen LogP contribution is -2.19. The Hall–Kier alpha value is -1.65. The fraction of sp³-hybridized carbons (Fsp3) is 0.545. The highest BCUT2D eigenvalue weighted by molar-refractivity contribution is 5.69. The van der Waals surface area contributed by atoms with Crippen LogP contribution < -0.4 is 5.56 Å². The lowest BCUT2D eigenvalue weighted by Gasteiger charge is -2.07. The highest BCUT2D eigenvalue weighted by Crippen LogP contribution is 2.31. The van der Waals surface area contributed by atoms with Gasteiger partial charge in [-0.3, -0.25) is 9.59 Å². The smallest absolute Gasteiger partial charge is 0.308 e. The van der Waals surface area contributed by atoms with Crippen molar-refractivity contribution in [2.24, 2.45) is 0 Å². The predicted molar refractivity (Wildman–Crippen MR) is 57.4 cm³/mol. The van der Waals surface area contributed by atoms with Crippen LogP contribution in [-0.2, 0) is 11.2 Å². The van der Waals surface area contributed by atoms with Crippen molar-refractivity contribution in [3.8, 4) is 0 Å². The molecule has 2 N–H and O–H groups in total. The van der Waals surface area contributed by atoms with Crippen LogP contribution in [0, 0.1) is 0 Å². The molecule has 1 saturated carbocycles. The second-order valence-electron chi connectivity index (χ2n) is 4.17. The number of rotatable bonds is 3. The Labute approximate surface area is 92.5 Å². The van der Waals surface area contributed by atoms with Gasteiger partial charge in [0.2, 0.25) is 0 Å². The summed E-state index contributed by atoms with van der Waals surface area (Å²) in [5.41, 5.74) is -0.103. The SMILES string of the molecule is O=C(O)Cc1cnc(C2CCCC2)[nH]c1=O. The molecule has 0 aliphatic heterocycles. The van der Waals surface area contributed by atoms with Gasteiger partial charge < -0.3 is 10.1 Å². The van der Waals surface area contributed by atoms with E-state index >= 15 is 0 Å². The number of H-pyrrole nitrogens is 1. The number of carboxylic acids is 1. The summed E-state index contributed by atoms with van der Waals surface area (Å²) in [5, 5.41) is 8.59. The molecule has 1 aromatic heterocycles. The molecule has 0 spiro atoms. The van der Waals surface area contributed by atoms with Crippen molar-refractivity contribution in [1.29, 1.82) is 0 Å². The second kappa shape index (κ2) is 4.47. The van der Waals surface area contributed by atoms with Gasteiger partial charge in [-0.1, -0.05) is 12.8 Å². The predicted octanol–water partition coefficient (Wildman–Crippen LogP) is 1.05. The first-order valence-electron chi connectivity index (χ1n) is 5.46. The molecule has 1 aliphatic rings. The van der Waals surface area contributed by atoms with Gasteiger partial charge in [-0.25, -0.2) is 4.98 Å². The van der Waals surface area contributed by atoms with Crippen LogP contribution in [0.4, 0.5) is 0 Å². The lowest BCUT2D eigenvalue weighted by atomic mass is 10.1. The lowest BCUT2D eigenvalue weighted by molar-refractivity contribution is -0.136. The van der Waals surface area contributed by atoms with Crippen molar-refractivity contribution in [1.82, 2.24) is 9.97 Å². The first kappa shape index (κ1) is 10.9. The summed E-state index contributed by atoms with van der Waals surface area (Å²) in [6, 6.07) is 0. The maximum absolute atomic E-state index is 11.6. The van der Waals surface area contributed by atoms with Crippen molar-refractivity contribution in [2.45, 2.75) is 38.0 Å². The molecule has 2 rings (SSSR count). The van der Waals surface area contributed by atoms with Crippen molar-refractivity contribution in [2.75, 3.05) is 0 Å². The molecule has 86 valence electrons. The van der Waals surface area contributed by atoms with E-state index in [1.165, 1.54) is 19.0 Å². The molecule has 16 heavy (non-hydrogen) atoms. The van der Waals surface area contributed by atoms with Crippen LogP contribution in [0.15, 0.2) is 11.0 Å². The van der Waals surface area contributed by atoms with E-state index in [0.717, 1.165) is 12.8 Å². The van der Waals surface area contributed by atoms with Crippen LogP contribution in [-0.4, -0.2) is 21.0 Å². The first-order chi connectivity index (χ1) is 7.66. The molecule has 0 radical (unpaired) electrons. The average Bonchev–Trinajstić information content (AvgIpc) is 2.73. The Balaban J connectivity index is 2.21. The highest BCUT2D eigenvalue weighted by Gasteiger charge is 2.19. The minimum absolute atomic E-state index is 0.217. The minimum atomic E-state index is -1.01. The largest absolute Gasteiger partial charge is 0.481 e. The molecule has 0 aromatic carbocycles. The number of nitrogens with one attached hydrogen (secondary N) is 1. The first-order valence-corrected chi connectivity index (χ1v) is 5.46. The molecule has 0 saturated heterocycles. The van der Waals surface area contributed by atoms with E-state index in [9.17, 15) is 9.59 Å².